The largest absolute Gasteiger partial charge is 0.508 e. The Morgan fingerprint density at radius 2 is 1.58 bits per heavy atom. The lowest BCUT2D eigenvalue weighted by Gasteiger charge is -2.34. The number of phenols is 5. The summed E-state index contributed by atoms with van der Waals surface area (Å²) in [4.78, 5) is 12.7. The molecule has 3 aromatic carbocycles. The van der Waals surface area contributed by atoms with Crippen LogP contribution in [0.15, 0.2) is 48.5 Å². The van der Waals surface area contributed by atoms with E-state index >= 15 is 0 Å². The Balaban J connectivity index is 1.73. The van der Waals surface area contributed by atoms with E-state index in [1.807, 2.05) is 6.92 Å². The third kappa shape index (κ3) is 3.87. The molecular weight excluding hydrogens is 404 g/mol. The van der Waals surface area contributed by atoms with Crippen LogP contribution in [-0.4, -0.2) is 37.6 Å². The lowest BCUT2D eigenvalue weighted by molar-refractivity contribution is -0.0188. The molecule has 8 heteroatoms. The number of carbonyl (C=O) groups excluding carboxylic acids is 1. The first-order chi connectivity index (χ1) is 14.7. The van der Waals surface area contributed by atoms with Crippen LogP contribution in [0.5, 0.6) is 34.5 Å². The van der Waals surface area contributed by atoms with Gasteiger partial charge < -0.3 is 35.0 Å². The summed E-state index contributed by atoms with van der Waals surface area (Å²) in [5.74, 6) is -2.74. The highest BCUT2D eigenvalue weighted by Crippen LogP contribution is 2.45. The van der Waals surface area contributed by atoms with Crippen molar-refractivity contribution in [1.29, 1.82) is 0 Å². The smallest absolute Gasteiger partial charge is 0.338 e. The third-order valence-electron chi connectivity index (χ3n) is 5.13. The number of aryl methyl sites for hydroxylation is 1. The standard InChI is InChI=1S/C23H20O8/c1-11-2-4-12(5-3-11)23(29)31-20-10-15-16(25)8-14(24)9-19(15)30-22(20)13-6-17(26)21(28)18(27)7-13/h2-9,20,22,24-28H,10H2,1H3/t20-,22-/m1/s1. The minimum atomic E-state index is -1.000. The van der Waals surface area contributed by atoms with Gasteiger partial charge in [-0.1, -0.05) is 17.7 Å². The van der Waals surface area contributed by atoms with Crippen molar-refractivity contribution >= 4 is 5.97 Å². The average molecular weight is 424 g/mol. The summed E-state index contributed by atoms with van der Waals surface area (Å²) in [6.45, 7) is 1.89. The first-order valence-electron chi connectivity index (χ1n) is 9.47. The Morgan fingerprint density at radius 1 is 0.935 bits per heavy atom. The first-order valence-corrected chi connectivity index (χ1v) is 9.47. The van der Waals surface area contributed by atoms with Crippen LogP contribution in [0.25, 0.3) is 0 Å². The summed E-state index contributed by atoms with van der Waals surface area (Å²) in [6.07, 6.45) is -1.90. The van der Waals surface area contributed by atoms with Gasteiger partial charge in [0.25, 0.3) is 0 Å². The van der Waals surface area contributed by atoms with Crippen LogP contribution in [0.2, 0.25) is 0 Å². The van der Waals surface area contributed by atoms with Gasteiger partial charge in [0, 0.05) is 29.7 Å². The van der Waals surface area contributed by atoms with Crippen molar-refractivity contribution in [2.75, 3.05) is 0 Å². The van der Waals surface area contributed by atoms with E-state index in [2.05, 4.69) is 0 Å². The summed E-state index contributed by atoms with van der Waals surface area (Å²) >= 11 is 0. The molecule has 1 aliphatic heterocycles. The Morgan fingerprint density at radius 3 is 2.23 bits per heavy atom. The molecule has 0 amide bonds. The number of rotatable bonds is 3. The van der Waals surface area contributed by atoms with E-state index in [-0.39, 0.29) is 29.2 Å². The summed E-state index contributed by atoms with van der Waals surface area (Å²) < 4.78 is 11.6. The molecule has 31 heavy (non-hydrogen) atoms. The van der Waals surface area contributed by atoms with E-state index in [0.29, 0.717) is 11.1 Å². The summed E-state index contributed by atoms with van der Waals surface area (Å²) in [5.41, 5.74) is 1.86. The van der Waals surface area contributed by atoms with Crippen LogP contribution < -0.4 is 4.74 Å². The second kappa shape index (κ2) is 7.64. The van der Waals surface area contributed by atoms with Gasteiger partial charge in [-0.15, -0.1) is 0 Å². The Hall–Kier alpha value is -4.07. The van der Waals surface area contributed by atoms with Crippen LogP contribution in [0.3, 0.4) is 0 Å². The highest BCUT2D eigenvalue weighted by molar-refractivity contribution is 5.89. The van der Waals surface area contributed by atoms with Crippen molar-refractivity contribution < 1.29 is 39.8 Å². The van der Waals surface area contributed by atoms with Crippen molar-refractivity contribution in [2.45, 2.75) is 25.6 Å². The normalized spacial score (nSPS) is 17.5. The van der Waals surface area contributed by atoms with E-state index in [1.165, 1.54) is 18.2 Å². The Kier molecular flexibility index (Phi) is 4.98. The van der Waals surface area contributed by atoms with Gasteiger partial charge in [-0.3, -0.25) is 0 Å². The molecule has 0 unspecified atom stereocenters. The SMILES string of the molecule is Cc1ccc(C(=O)O[C@@H]2Cc3c(O)cc(O)cc3O[C@@H]2c2cc(O)c(O)c(O)c2)cc1. The van der Waals surface area contributed by atoms with E-state index in [1.54, 1.807) is 24.3 Å². The molecule has 0 saturated heterocycles. The average Bonchev–Trinajstić information content (AvgIpc) is 2.72. The van der Waals surface area contributed by atoms with Gasteiger partial charge in [-0.2, -0.15) is 0 Å². The maximum atomic E-state index is 12.7. The molecule has 0 aliphatic carbocycles. The molecule has 2 atom stereocenters. The fraction of sp³-hybridized carbons (Fsp3) is 0.174. The van der Waals surface area contributed by atoms with Crippen LogP contribution in [-0.2, 0) is 11.2 Å². The molecule has 0 spiro atoms. The molecule has 0 aromatic heterocycles. The van der Waals surface area contributed by atoms with Crippen molar-refractivity contribution in [3.05, 3.63) is 70.8 Å². The number of fused-ring (bicyclic) bond motifs is 1. The second-order valence-corrected chi connectivity index (χ2v) is 7.40. The number of esters is 1. The van der Waals surface area contributed by atoms with Gasteiger partial charge in [0.05, 0.1) is 5.56 Å². The molecule has 8 nitrogen and oxygen atoms in total. The van der Waals surface area contributed by atoms with Crippen molar-refractivity contribution in [3.63, 3.8) is 0 Å². The quantitative estimate of drug-likeness (QED) is 0.319. The predicted molar refractivity (Wildman–Crippen MR) is 109 cm³/mol. The molecule has 5 N–H and O–H groups in total. The zero-order chi connectivity index (χ0) is 22.3. The molecule has 0 bridgehead atoms. The van der Waals surface area contributed by atoms with Crippen LogP contribution >= 0.6 is 0 Å². The lowest BCUT2D eigenvalue weighted by Crippen LogP contribution is -2.34. The van der Waals surface area contributed by atoms with E-state index in [9.17, 15) is 30.3 Å². The Labute approximate surface area is 177 Å². The van der Waals surface area contributed by atoms with Gasteiger partial charge >= 0.3 is 5.97 Å². The minimum absolute atomic E-state index is 0.0477. The first kappa shape index (κ1) is 20.2. The number of phenolic OH excluding ortho intramolecular Hbond substituents is 5. The van der Waals surface area contributed by atoms with Gasteiger partial charge in [0.2, 0.25) is 0 Å². The predicted octanol–water partition coefficient (Wildman–Crippen LogP) is 3.42. The fourth-order valence-corrected chi connectivity index (χ4v) is 3.52. The zero-order valence-corrected chi connectivity index (χ0v) is 16.4. The highest BCUT2D eigenvalue weighted by Gasteiger charge is 2.37. The van der Waals surface area contributed by atoms with Crippen molar-refractivity contribution in [2.24, 2.45) is 0 Å². The van der Waals surface area contributed by atoms with Crippen molar-refractivity contribution in [1.82, 2.24) is 0 Å². The molecule has 160 valence electrons. The number of aromatic hydroxyl groups is 5. The number of benzene rings is 3. The van der Waals surface area contributed by atoms with Gasteiger partial charge in [-0.05, 0) is 31.2 Å². The third-order valence-corrected chi connectivity index (χ3v) is 5.13. The van der Waals surface area contributed by atoms with Crippen LogP contribution in [0.1, 0.15) is 33.2 Å². The topological polar surface area (TPSA) is 137 Å². The molecule has 1 aliphatic rings. The number of hydrogen-bond acceptors (Lipinski definition) is 8. The van der Waals surface area contributed by atoms with Gasteiger partial charge in [0.15, 0.2) is 23.4 Å². The molecule has 0 fully saturated rings. The Bertz CT molecular complexity index is 1130. The summed E-state index contributed by atoms with van der Waals surface area (Å²) in [7, 11) is 0. The zero-order valence-electron chi connectivity index (χ0n) is 16.4. The molecule has 1 heterocycles. The highest BCUT2D eigenvalue weighted by atomic mass is 16.6. The number of carbonyl (C=O) groups is 1. The number of hydrogen-bond donors (Lipinski definition) is 5. The molecular formula is C23H20O8. The second-order valence-electron chi connectivity index (χ2n) is 7.40. The molecule has 3 aromatic rings. The van der Waals surface area contributed by atoms with Crippen LogP contribution in [0, 0.1) is 6.92 Å². The van der Waals surface area contributed by atoms with Gasteiger partial charge in [0.1, 0.15) is 23.4 Å². The number of ether oxygens (including phenoxy) is 2. The molecule has 0 saturated carbocycles. The lowest BCUT2D eigenvalue weighted by atomic mass is 9.93. The van der Waals surface area contributed by atoms with Crippen molar-refractivity contribution in [3.8, 4) is 34.5 Å². The minimum Gasteiger partial charge on any atom is -0.508 e. The van der Waals surface area contributed by atoms with Crippen LogP contribution in [0.4, 0.5) is 0 Å². The molecule has 4 rings (SSSR count). The summed E-state index contributed by atoms with van der Waals surface area (Å²) in [6, 6.07) is 11.6. The molecule has 0 radical (unpaired) electrons. The maximum Gasteiger partial charge on any atom is 0.338 e. The van der Waals surface area contributed by atoms with E-state index < -0.39 is 35.4 Å². The summed E-state index contributed by atoms with van der Waals surface area (Å²) in [5, 5.41) is 49.5. The van der Waals surface area contributed by atoms with E-state index in [0.717, 1.165) is 11.6 Å². The monoisotopic (exact) mass is 424 g/mol. The van der Waals surface area contributed by atoms with E-state index in [4.69, 9.17) is 9.47 Å². The fourth-order valence-electron chi connectivity index (χ4n) is 3.52. The maximum absolute atomic E-state index is 12.7. The van der Waals surface area contributed by atoms with Gasteiger partial charge in [-0.25, -0.2) is 4.79 Å².